The minimum absolute atomic E-state index is 0.0944. The zero-order valence-corrected chi connectivity index (χ0v) is 13.0. The van der Waals surface area contributed by atoms with Crippen LogP contribution < -0.4 is 0 Å². The number of hydrogen-bond donors (Lipinski definition) is 0. The molecule has 0 aliphatic heterocycles. The molecule has 104 valence electrons. The van der Waals surface area contributed by atoms with Crippen LogP contribution in [0.3, 0.4) is 0 Å². The largest absolute Gasteiger partial charge is 0.466 e. The number of esters is 1. The highest BCUT2D eigenvalue weighted by Gasteiger charge is 2.16. The summed E-state index contributed by atoms with van der Waals surface area (Å²) in [6.07, 6.45) is 0.211. The Morgan fingerprint density at radius 2 is 2.05 bits per heavy atom. The number of rotatable bonds is 5. The lowest BCUT2D eigenvalue weighted by Gasteiger charge is -2.18. The molecule has 0 saturated carbocycles. The lowest BCUT2D eigenvalue weighted by Crippen LogP contribution is -2.30. The summed E-state index contributed by atoms with van der Waals surface area (Å²) in [5.41, 5.74) is 1.54. The Bertz CT molecular complexity index is 474. The van der Waals surface area contributed by atoms with E-state index in [-0.39, 0.29) is 18.3 Å². The molecule has 0 fully saturated rings. The van der Waals surface area contributed by atoms with Gasteiger partial charge >= 0.3 is 5.97 Å². The number of nitrogens with zero attached hydrogens (tertiary/aromatic N) is 1. The van der Waals surface area contributed by atoms with Crippen molar-refractivity contribution in [3.8, 4) is 0 Å². The Labute approximate surface area is 121 Å². The third kappa shape index (κ3) is 4.35. The molecule has 0 aromatic heterocycles. The Balaban J connectivity index is 2.67. The van der Waals surface area contributed by atoms with Gasteiger partial charge in [-0.3, -0.25) is 9.59 Å². The van der Waals surface area contributed by atoms with Crippen molar-refractivity contribution in [1.82, 2.24) is 4.90 Å². The van der Waals surface area contributed by atoms with Gasteiger partial charge in [-0.1, -0.05) is 22.0 Å². The number of benzene rings is 1. The van der Waals surface area contributed by atoms with Crippen molar-refractivity contribution in [2.45, 2.75) is 20.3 Å². The SMILES string of the molecule is CCOC(=O)CCN(C)C(=O)c1cccc(Br)c1C. The van der Waals surface area contributed by atoms with Gasteiger partial charge in [-0.05, 0) is 31.5 Å². The Morgan fingerprint density at radius 3 is 2.68 bits per heavy atom. The van der Waals surface area contributed by atoms with Crippen LogP contribution in [0.1, 0.15) is 29.3 Å². The fourth-order valence-electron chi connectivity index (χ4n) is 1.64. The molecule has 1 amide bonds. The van der Waals surface area contributed by atoms with Gasteiger partial charge in [0, 0.05) is 23.6 Å². The normalized spacial score (nSPS) is 10.1. The fourth-order valence-corrected chi connectivity index (χ4v) is 2.00. The molecule has 0 N–H and O–H groups in total. The van der Waals surface area contributed by atoms with Gasteiger partial charge < -0.3 is 9.64 Å². The quantitative estimate of drug-likeness (QED) is 0.781. The van der Waals surface area contributed by atoms with Crippen molar-refractivity contribution < 1.29 is 14.3 Å². The van der Waals surface area contributed by atoms with E-state index in [1.165, 1.54) is 4.90 Å². The van der Waals surface area contributed by atoms with Crippen LogP contribution in [-0.4, -0.2) is 37.0 Å². The zero-order chi connectivity index (χ0) is 14.4. The predicted octanol–water partition coefficient (Wildman–Crippen LogP) is 2.78. The van der Waals surface area contributed by atoms with Crippen molar-refractivity contribution in [2.75, 3.05) is 20.2 Å². The maximum Gasteiger partial charge on any atom is 0.307 e. The first-order chi connectivity index (χ1) is 8.97. The molecule has 0 bridgehead atoms. The van der Waals surface area contributed by atoms with E-state index in [0.29, 0.717) is 18.7 Å². The minimum atomic E-state index is -0.284. The highest BCUT2D eigenvalue weighted by Crippen LogP contribution is 2.20. The van der Waals surface area contributed by atoms with Crippen LogP contribution in [0.15, 0.2) is 22.7 Å². The van der Waals surface area contributed by atoms with E-state index in [4.69, 9.17) is 4.74 Å². The summed E-state index contributed by atoms with van der Waals surface area (Å²) < 4.78 is 5.74. The van der Waals surface area contributed by atoms with Crippen LogP contribution in [0.2, 0.25) is 0 Å². The second-order valence-electron chi connectivity index (χ2n) is 4.19. The number of carbonyl (C=O) groups is 2. The number of amides is 1. The summed E-state index contributed by atoms with van der Waals surface area (Å²) in [5.74, 6) is -0.379. The molecule has 0 aliphatic carbocycles. The second kappa shape index (κ2) is 7.28. The molecular weight excluding hydrogens is 310 g/mol. The first kappa shape index (κ1) is 15.7. The summed E-state index contributed by atoms with van der Waals surface area (Å²) >= 11 is 3.40. The van der Waals surface area contributed by atoms with E-state index in [9.17, 15) is 9.59 Å². The van der Waals surface area contributed by atoms with Gasteiger partial charge in [-0.25, -0.2) is 0 Å². The average Bonchev–Trinajstić information content (AvgIpc) is 2.38. The summed E-state index contributed by atoms with van der Waals surface area (Å²) in [4.78, 5) is 25.0. The van der Waals surface area contributed by atoms with Crippen molar-refractivity contribution in [3.05, 3.63) is 33.8 Å². The monoisotopic (exact) mass is 327 g/mol. The molecule has 5 heteroatoms. The molecule has 0 aliphatic rings. The topological polar surface area (TPSA) is 46.6 Å². The Hall–Kier alpha value is -1.36. The van der Waals surface area contributed by atoms with Gasteiger partial charge in [0.15, 0.2) is 0 Å². The third-order valence-electron chi connectivity index (χ3n) is 2.80. The van der Waals surface area contributed by atoms with Crippen LogP contribution in [0, 0.1) is 6.92 Å². The van der Waals surface area contributed by atoms with E-state index in [0.717, 1.165) is 10.0 Å². The Kier molecular flexibility index (Phi) is 6.02. The minimum Gasteiger partial charge on any atom is -0.466 e. The first-order valence-corrected chi connectivity index (χ1v) is 6.92. The van der Waals surface area contributed by atoms with Gasteiger partial charge in [-0.2, -0.15) is 0 Å². The molecule has 1 aromatic rings. The van der Waals surface area contributed by atoms with Gasteiger partial charge in [-0.15, -0.1) is 0 Å². The lowest BCUT2D eigenvalue weighted by atomic mass is 10.1. The highest BCUT2D eigenvalue weighted by molar-refractivity contribution is 9.10. The molecule has 1 aromatic carbocycles. The first-order valence-electron chi connectivity index (χ1n) is 6.13. The van der Waals surface area contributed by atoms with E-state index >= 15 is 0 Å². The van der Waals surface area contributed by atoms with Crippen LogP contribution in [0.4, 0.5) is 0 Å². The molecule has 0 spiro atoms. The lowest BCUT2D eigenvalue weighted by molar-refractivity contribution is -0.143. The van der Waals surface area contributed by atoms with Crippen molar-refractivity contribution in [2.24, 2.45) is 0 Å². The van der Waals surface area contributed by atoms with Gasteiger partial charge in [0.05, 0.1) is 13.0 Å². The van der Waals surface area contributed by atoms with Crippen molar-refractivity contribution >= 4 is 27.8 Å². The van der Waals surface area contributed by atoms with E-state index < -0.39 is 0 Å². The van der Waals surface area contributed by atoms with E-state index in [1.807, 2.05) is 19.1 Å². The molecule has 0 atom stereocenters. The molecule has 0 unspecified atom stereocenters. The molecule has 0 saturated heterocycles. The summed E-state index contributed by atoms with van der Waals surface area (Å²) in [6.45, 7) is 4.36. The number of halogens is 1. The van der Waals surface area contributed by atoms with Gasteiger partial charge in [0.25, 0.3) is 5.91 Å². The second-order valence-corrected chi connectivity index (χ2v) is 5.05. The smallest absolute Gasteiger partial charge is 0.307 e. The standard InChI is InChI=1S/C14H18BrNO3/c1-4-19-13(17)8-9-16(3)14(18)11-6-5-7-12(15)10(11)2/h5-7H,4,8-9H2,1-3H3. The van der Waals surface area contributed by atoms with Gasteiger partial charge in [0.2, 0.25) is 0 Å². The van der Waals surface area contributed by atoms with E-state index in [2.05, 4.69) is 15.9 Å². The zero-order valence-electron chi connectivity index (χ0n) is 11.4. The maximum absolute atomic E-state index is 12.2. The molecule has 0 radical (unpaired) electrons. The van der Waals surface area contributed by atoms with Crippen LogP contribution in [0.25, 0.3) is 0 Å². The summed E-state index contributed by atoms with van der Waals surface area (Å²) in [7, 11) is 1.68. The number of ether oxygens (including phenoxy) is 1. The van der Waals surface area contributed by atoms with Crippen molar-refractivity contribution in [1.29, 1.82) is 0 Å². The highest BCUT2D eigenvalue weighted by atomic mass is 79.9. The van der Waals surface area contributed by atoms with Crippen LogP contribution >= 0.6 is 15.9 Å². The van der Waals surface area contributed by atoms with Crippen LogP contribution in [0.5, 0.6) is 0 Å². The number of carbonyl (C=O) groups excluding carboxylic acids is 2. The van der Waals surface area contributed by atoms with Crippen molar-refractivity contribution in [3.63, 3.8) is 0 Å². The Morgan fingerprint density at radius 1 is 1.37 bits per heavy atom. The molecule has 4 nitrogen and oxygen atoms in total. The third-order valence-corrected chi connectivity index (χ3v) is 3.66. The molecular formula is C14H18BrNO3. The maximum atomic E-state index is 12.2. The van der Waals surface area contributed by atoms with Gasteiger partial charge in [0.1, 0.15) is 0 Å². The summed E-state index contributed by atoms with van der Waals surface area (Å²) in [5, 5.41) is 0. The van der Waals surface area contributed by atoms with E-state index in [1.54, 1.807) is 20.0 Å². The average molecular weight is 328 g/mol. The predicted molar refractivity (Wildman–Crippen MR) is 77.1 cm³/mol. The molecule has 1 rings (SSSR count). The summed E-state index contributed by atoms with van der Waals surface area (Å²) in [6, 6.07) is 5.50. The molecule has 0 heterocycles. The fraction of sp³-hybridized carbons (Fsp3) is 0.429. The number of hydrogen-bond acceptors (Lipinski definition) is 3. The van der Waals surface area contributed by atoms with Crippen LogP contribution in [-0.2, 0) is 9.53 Å². The molecule has 19 heavy (non-hydrogen) atoms.